The first kappa shape index (κ1) is 21.9. The van der Waals surface area contributed by atoms with Gasteiger partial charge in [-0.05, 0) is 60.7 Å². The molecule has 0 saturated carbocycles. The molecule has 0 aliphatic carbocycles. The third kappa shape index (κ3) is 4.78. The van der Waals surface area contributed by atoms with Crippen LogP contribution in [-0.4, -0.2) is 0 Å². The first-order valence-corrected chi connectivity index (χ1v) is 10.7. The summed E-state index contributed by atoms with van der Waals surface area (Å²) < 4.78 is 71.7. The van der Waals surface area contributed by atoms with Crippen LogP contribution >= 0.6 is 0 Å². The number of halogens is 5. The molecule has 0 saturated heterocycles. The highest BCUT2D eigenvalue weighted by atomic mass is 32.2. The zero-order chi connectivity index (χ0) is 22.7. The molecule has 0 aliphatic rings. The Labute approximate surface area is 184 Å². The summed E-state index contributed by atoms with van der Waals surface area (Å²) in [6.07, 6.45) is -4.85. The van der Waals surface area contributed by atoms with Crippen molar-refractivity contribution >= 4 is 10.9 Å². The van der Waals surface area contributed by atoms with E-state index in [1.807, 2.05) is 60.7 Å². The largest absolute Gasteiger partial charge is 0.451 e. The van der Waals surface area contributed by atoms with E-state index in [-0.39, 0.29) is 17.9 Å². The summed E-state index contributed by atoms with van der Waals surface area (Å²) in [5.41, 5.74) is -1.41. The fourth-order valence-corrected chi connectivity index (χ4v) is 5.19. The molecule has 0 spiro atoms. The Hall–Kier alpha value is -3.32. The third-order valence-electron chi connectivity index (χ3n) is 4.56. The molecule has 4 aromatic rings. The predicted molar refractivity (Wildman–Crippen MR) is 113 cm³/mol. The molecular formula is C25H16F5OS+. The van der Waals surface area contributed by atoms with Crippen molar-refractivity contribution < 1.29 is 26.7 Å². The molecule has 162 valence electrons. The number of benzene rings is 4. The van der Waals surface area contributed by atoms with Gasteiger partial charge in [0.25, 0.3) is 0 Å². The van der Waals surface area contributed by atoms with Crippen molar-refractivity contribution in [2.45, 2.75) is 20.9 Å². The second kappa shape index (κ2) is 9.04. The summed E-state index contributed by atoms with van der Waals surface area (Å²) in [5, 5.41) is 0. The van der Waals surface area contributed by atoms with Crippen LogP contribution in [-0.2, 0) is 17.1 Å². The second-order valence-corrected chi connectivity index (χ2v) is 8.80. The molecule has 4 rings (SSSR count). The van der Waals surface area contributed by atoms with Crippen molar-refractivity contribution in [3.63, 3.8) is 0 Å². The lowest BCUT2D eigenvalue weighted by Crippen LogP contribution is -2.07. The molecule has 0 heterocycles. The molecule has 0 aliphatic heterocycles. The molecule has 4 aromatic carbocycles. The van der Waals surface area contributed by atoms with Gasteiger partial charge >= 0.3 is 6.18 Å². The predicted octanol–water partition coefficient (Wildman–Crippen LogP) is 7.87. The van der Waals surface area contributed by atoms with Crippen molar-refractivity contribution in [2.75, 3.05) is 0 Å². The monoisotopic (exact) mass is 459 g/mol. The van der Waals surface area contributed by atoms with E-state index in [4.69, 9.17) is 4.74 Å². The minimum atomic E-state index is -4.85. The zero-order valence-corrected chi connectivity index (χ0v) is 17.3. The summed E-state index contributed by atoms with van der Waals surface area (Å²) in [6.45, 7) is 0. The van der Waals surface area contributed by atoms with Crippen LogP contribution in [0, 0.1) is 11.6 Å². The third-order valence-corrected chi connectivity index (χ3v) is 6.79. The Kier molecular flexibility index (Phi) is 6.19. The lowest BCUT2D eigenvalue weighted by molar-refractivity contribution is -0.138. The number of hydrogen-bond donors (Lipinski definition) is 0. The van der Waals surface area contributed by atoms with Gasteiger partial charge < -0.3 is 4.74 Å². The molecule has 0 unspecified atom stereocenters. The molecule has 0 fully saturated rings. The van der Waals surface area contributed by atoms with Crippen LogP contribution in [0.25, 0.3) is 0 Å². The smallest absolute Gasteiger partial charge is 0.416 e. The van der Waals surface area contributed by atoms with Crippen LogP contribution in [0.1, 0.15) is 5.56 Å². The van der Waals surface area contributed by atoms with Crippen LogP contribution in [0.4, 0.5) is 22.0 Å². The van der Waals surface area contributed by atoms with Crippen molar-refractivity contribution in [3.05, 3.63) is 114 Å². The maximum Gasteiger partial charge on any atom is 0.416 e. The van der Waals surface area contributed by atoms with Gasteiger partial charge in [-0.1, -0.05) is 36.4 Å². The first-order valence-electron chi connectivity index (χ1n) is 9.51. The summed E-state index contributed by atoms with van der Waals surface area (Å²) >= 11 is 0. The topological polar surface area (TPSA) is 9.23 Å². The average molecular weight is 459 g/mol. The van der Waals surface area contributed by atoms with Crippen molar-refractivity contribution in [1.82, 2.24) is 0 Å². The van der Waals surface area contributed by atoms with E-state index in [1.165, 1.54) is 12.1 Å². The normalized spacial score (nSPS) is 11.6. The van der Waals surface area contributed by atoms with Gasteiger partial charge in [-0.2, -0.15) is 13.2 Å². The van der Waals surface area contributed by atoms with E-state index < -0.39 is 40.0 Å². The first-order chi connectivity index (χ1) is 15.3. The molecule has 0 atom stereocenters. The Morgan fingerprint density at radius 3 is 1.47 bits per heavy atom. The molecule has 0 N–H and O–H groups in total. The van der Waals surface area contributed by atoms with Gasteiger partial charge in [0.05, 0.1) is 16.5 Å². The highest BCUT2D eigenvalue weighted by Gasteiger charge is 2.33. The van der Waals surface area contributed by atoms with Crippen LogP contribution in [0.15, 0.2) is 112 Å². The Morgan fingerprint density at radius 1 is 0.594 bits per heavy atom. The lowest BCUT2D eigenvalue weighted by Gasteiger charge is -2.12. The fraction of sp³-hybridized carbons (Fsp3) is 0.0400. The number of rotatable bonds is 5. The summed E-state index contributed by atoms with van der Waals surface area (Å²) in [6, 6.07) is 26.8. The summed E-state index contributed by atoms with van der Waals surface area (Å²) in [5.74, 6) is -3.61. The van der Waals surface area contributed by atoms with Gasteiger partial charge in [-0.15, -0.1) is 0 Å². The number of ether oxygens (including phenoxy) is 1. The van der Waals surface area contributed by atoms with Crippen LogP contribution in [0.5, 0.6) is 11.5 Å². The maximum atomic E-state index is 14.1. The maximum absolute atomic E-state index is 14.1. The minimum Gasteiger partial charge on any atom is -0.451 e. The van der Waals surface area contributed by atoms with Gasteiger partial charge in [0, 0.05) is 0 Å². The fourth-order valence-electron chi connectivity index (χ4n) is 3.10. The van der Waals surface area contributed by atoms with E-state index in [9.17, 15) is 22.0 Å². The van der Waals surface area contributed by atoms with E-state index in [0.717, 1.165) is 14.7 Å². The number of alkyl halides is 3. The Balaban J connectivity index is 1.64. The van der Waals surface area contributed by atoms with Crippen molar-refractivity contribution in [2.24, 2.45) is 0 Å². The second-order valence-electron chi connectivity index (χ2n) is 6.77. The van der Waals surface area contributed by atoms with E-state index in [0.29, 0.717) is 0 Å². The van der Waals surface area contributed by atoms with Gasteiger partial charge in [-0.25, -0.2) is 8.78 Å². The quantitative estimate of drug-likeness (QED) is 0.218. The van der Waals surface area contributed by atoms with Crippen molar-refractivity contribution in [3.8, 4) is 11.5 Å². The Morgan fingerprint density at radius 2 is 1.03 bits per heavy atom. The summed E-state index contributed by atoms with van der Waals surface area (Å²) in [4.78, 5) is 3.13. The zero-order valence-electron chi connectivity index (χ0n) is 16.4. The molecule has 0 bridgehead atoms. The molecule has 0 radical (unpaired) electrons. The van der Waals surface area contributed by atoms with Gasteiger partial charge in [0.15, 0.2) is 32.1 Å². The molecule has 32 heavy (non-hydrogen) atoms. The van der Waals surface area contributed by atoms with Gasteiger partial charge in [-0.3, -0.25) is 0 Å². The summed E-state index contributed by atoms with van der Waals surface area (Å²) in [7, 11) is -0.420. The SMILES string of the molecule is Fc1cc(C(F)(F)F)cc(F)c1Oc1ccc([S+](c2ccccc2)c2ccccc2)cc1. The Bertz CT molecular complexity index is 1130. The van der Waals surface area contributed by atoms with E-state index in [2.05, 4.69) is 0 Å². The highest BCUT2D eigenvalue weighted by Crippen LogP contribution is 2.36. The van der Waals surface area contributed by atoms with Gasteiger partial charge in [0.1, 0.15) is 5.75 Å². The lowest BCUT2D eigenvalue weighted by atomic mass is 10.2. The highest BCUT2D eigenvalue weighted by molar-refractivity contribution is 7.97. The van der Waals surface area contributed by atoms with Crippen LogP contribution in [0.2, 0.25) is 0 Å². The molecular weight excluding hydrogens is 443 g/mol. The number of hydrogen-bond acceptors (Lipinski definition) is 1. The van der Waals surface area contributed by atoms with Gasteiger partial charge in [0.2, 0.25) is 0 Å². The molecule has 0 amide bonds. The standard InChI is InChI=1S/C25H16F5OS/c26-22-15-17(25(28,29)30)16-23(27)24(22)31-18-11-13-21(14-12-18)32(19-7-3-1-4-8-19)20-9-5-2-6-10-20/h1-16H/q+1. The van der Waals surface area contributed by atoms with Crippen molar-refractivity contribution in [1.29, 1.82) is 0 Å². The molecule has 1 nitrogen and oxygen atoms in total. The van der Waals surface area contributed by atoms with Crippen LogP contribution < -0.4 is 4.74 Å². The average Bonchev–Trinajstić information content (AvgIpc) is 2.78. The molecule has 7 heteroatoms. The minimum absolute atomic E-state index is 0.107. The van der Waals surface area contributed by atoms with E-state index in [1.54, 1.807) is 12.1 Å². The molecule has 0 aromatic heterocycles. The van der Waals surface area contributed by atoms with Crippen LogP contribution in [0.3, 0.4) is 0 Å². The van der Waals surface area contributed by atoms with E-state index >= 15 is 0 Å².